The van der Waals surface area contributed by atoms with Crippen molar-refractivity contribution in [3.63, 3.8) is 0 Å². The summed E-state index contributed by atoms with van der Waals surface area (Å²) in [4.78, 5) is 4.26. The fraction of sp³-hybridized carbons (Fsp3) is 0.182. The van der Waals surface area contributed by atoms with Gasteiger partial charge >= 0.3 is 0 Å². The Hall–Kier alpha value is -1.19. The number of benzene rings is 1. The number of nitrogens with zero attached hydrogens (tertiary/aromatic N) is 2. The lowest BCUT2D eigenvalue weighted by Gasteiger charge is -2.03. The number of aromatic nitrogens is 2. The van der Waals surface area contributed by atoms with Gasteiger partial charge < -0.3 is 10.3 Å². The first kappa shape index (κ1) is 11.3. The van der Waals surface area contributed by atoms with E-state index >= 15 is 0 Å². The fourth-order valence-corrected chi connectivity index (χ4v) is 2.08. The zero-order valence-electron chi connectivity index (χ0n) is 8.74. The molecule has 2 N–H and O–H groups in total. The molecule has 0 unspecified atom stereocenters. The zero-order chi connectivity index (χ0) is 11.7. The second-order valence-corrected chi connectivity index (χ2v) is 4.30. The number of imidazole rings is 1. The number of hydrogen-bond acceptors (Lipinski definition) is 2. The lowest BCUT2D eigenvalue weighted by atomic mass is 10.1. The Morgan fingerprint density at radius 1 is 1.25 bits per heavy atom. The Morgan fingerprint density at radius 3 is 2.38 bits per heavy atom. The number of nitrogen functional groups attached to an aromatic ring is 1. The molecule has 0 atom stereocenters. The number of halogens is 2. The van der Waals surface area contributed by atoms with Gasteiger partial charge in [0.2, 0.25) is 0 Å². The third-order valence-electron chi connectivity index (χ3n) is 2.35. The van der Waals surface area contributed by atoms with E-state index in [1.54, 1.807) is 24.5 Å². The van der Waals surface area contributed by atoms with Crippen LogP contribution in [0.5, 0.6) is 0 Å². The summed E-state index contributed by atoms with van der Waals surface area (Å²) in [6, 6.07) is 5.28. The highest BCUT2D eigenvalue weighted by Gasteiger charge is 2.10. The van der Waals surface area contributed by atoms with Gasteiger partial charge in [0.15, 0.2) is 0 Å². The molecule has 0 aliphatic rings. The van der Waals surface area contributed by atoms with Crippen LogP contribution in [-0.2, 0) is 6.54 Å². The van der Waals surface area contributed by atoms with Gasteiger partial charge in [0.1, 0.15) is 11.5 Å². The normalized spacial score (nSPS) is 10.7. The summed E-state index contributed by atoms with van der Waals surface area (Å²) in [5.41, 5.74) is 7.51. The maximum absolute atomic E-state index is 5.96. The predicted molar refractivity (Wildman–Crippen MR) is 67.8 cm³/mol. The molecular weight excluding hydrogens is 245 g/mol. The van der Waals surface area contributed by atoms with Gasteiger partial charge in [0.25, 0.3) is 0 Å². The molecule has 0 spiro atoms. The molecule has 1 aromatic carbocycles. The van der Waals surface area contributed by atoms with Crippen LogP contribution < -0.4 is 5.73 Å². The number of nitrogens with two attached hydrogens (primary N) is 1. The minimum absolute atomic E-state index is 0.577. The average Bonchev–Trinajstić information content (AvgIpc) is 2.58. The van der Waals surface area contributed by atoms with Crippen molar-refractivity contribution in [2.24, 2.45) is 0 Å². The van der Waals surface area contributed by atoms with E-state index in [-0.39, 0.29) is 0 Å². The van der Waals surface area contributed by atoms with Crippen LogP contribution in [0, 0.1) is 0 Å². The van der Waals surface area contributed by atoms with E-state index < -0.39 is 0 Å². The first-order chi connectivity index (χ1) is 7.61. The van der Waals surface area contributed by atoms with Gasteiger partial charge in [-0.2, -0.15) is 0 Å². The van der Waals surface area contributed by atoms with Gasteiger partial charge in [0, 0.05) is 22.2 Å². The van der Waals surface area contributed by atoms with Crippen molar-refractivity contribution in [3.8, 4) is 11.3 Å². The quantitative estimate of drug-likeness (QED) is 0.894. The van der Waals surface area contributed by atoms with Crippen LogP contribution >= 0.6 is 23.2 Å². The minimum atomic E-state index is 0.577. The van der Waals surface area contributed by atoms with Crippen molar-refractivity contribution in [2.75, 3.05) is 5.73 Å². The maximum Gasteiger partial charge on any atom is 0.131 e. The molecule has 0 radical (unpaired) electrons. The molecule has 0 saturated carbocycles. The van der Waals surface area contributed by atoms with Gasteiger partial charge in [-0.15, -0.1) is 0 Å². The molecule has 0 bridgehead atoms. The molecule has 84 valence electrons. The van der Waals surface area contributed by atoms with Gasteiger partial charge in [-0.3, -0.25) is 0 Å². The molecule has 1 heterocycles. The van der Waals surface area contributed by atoms with Crippen molar-refractivity contribution in [2.45, 2.75) is 13.5 Å². The fourth-order valence-electron chi connectivity index (χ4n) is 1.56. The van der Waals surface area contributed by atoms with Crippen LogP contribution in [0.4, 0.5) is 5.82 Å². The molecule has 0 fully saturated rings. The molecule has 1 aromatic heterocycles. The summed E-state index contributed by atoms with van der Waals surface area (Å²) < 4.78 is 1.87. The topological polar surface area (TPSA) is 43.8 Å². The van der Waals surface area contributed by atoms with Gasteiger partial charge in [0.05, 0.1) is 6.33 Å². The number of aryl methyl sites for hydroxylation is 1. The van der Waals surface area contributed by atoms with Crippen molar-refractivity contribution < 1.29 is 0 Å². The summed E-state index contributed by atoms with van der Waals surface area (Å²) in [5, 5.41) is 1.15. The molecule has 5 heteroatoms. The molecule has 0 aliphatic heterocycles. The Morgan fingerprint density at radius 2 is 1.88 bits per heavy atom. The lowest BCUT2D eigenvalue weighted by molar-refractivity contribution is 0.771. The van der Waals surface area contributed by atoms with E-state index in [1.807, 2.05) is 11.5 Å². The van der Waals surface area contributed by atoms with Crippen LogP contribution in [0.15, 0.2) is 24.5 Å². The first-order valence-corrected chi connectivity index (χ1v) is 5.64. The summed E-state index contributed by atoms with van der Waals surface area (Å²) in [6.45, 7) is 2.79. The van der Waals surface area contributed by atoms with Crippen molar-refractivity contribution in [1.82, 2.24) is 9.55 Å². The van der Waals surface area contributed by atoms with Crippen LogP contribution in [0.3, 0.4) is 0 Å². The Balaban J connectivity index is 2.54. The third kappa shape index (κ3) is 2.01. The smallest absolute Gasteiger partial charge is 0.131 e. The monoisotopic (exact) mass is 255 g/mol. The van der Waals surface area contributed by atoms with E-state index in [1.165, 1.54) is 0 Å². The van der Waals surface area contributed by atoms with E-state index in [4.69, 9.17) is 28.9 Å². The third-order valence-corrected chi connectivity index (χ3v) is 2.79. The van der Waals surface area contributed by atoms with Crippen LogP contribution in [0.25, 0.3) is 11.3 Å². The highest BCUT2D eigenvalue weighted by molar-refractivity contribution is 6.35. The second-order valence-electron chi connectivity index (χ2n) is 3.42. The van der Waals surface area contributed by atoms with E-state index in [9.17, 15) is 0 Å². The first-order valence-electron chi connectivity index (χ1n) is 4.89. The molecule has 3 nitrogen and oxygen atoms in total. The zero-order valence-corrected chi connectivity index (χ0v) is 10.3. The summed E-state index contributed by atoms with van der Waals surface area (Å²) in [6.07, 6.45) is 1.71. The number of hydrogen-bond donors (Lipinski definition) is 1. The summed E-state index contributed by atoms with van der Waals surface area (Å²) >= 11 is 11.9. The summed E-state index contributed by atoms with van der Waals surface area (Å²) in [7, 11) is 0. The maximum atomic E-state index is 5.96. The summed E-state index contributed by atoms with van der Waals surface area (Å²) in [5.74, 6) is 0.626. The molecular formula is C11H11Cl2N3. The van der Waals surface area contributed by atoms with Crippen LogP contribution in [0.1, 0.15) is 6.92 Å². The number of rotatable bonds is 2. The molecule has 0 amide bonds. The molecule has 0 saturated heterocycles. The number of anilines is 1. The van der Waals surface area contributed by atoms with Gasteiger partial charge in [-0.05, 0) is 25.1 Å². The van der Waals surface area contributed by atoms with Crippen molar-refractivity contribution in [1.29, 1.82) is 0 Å². The highest BCUT2D eigenvalue weighted by atomic mass is 35.5. The van der Waals surface area contributed by atoms with Crippen molar-refractivity contribution >= 4 is 29.0 Å². The van der Waals surface area contributed by atoms with E-state index in [0.29, 0.717) is 21.6 Å². The Labute approximate surface area is 104 Å². The van der Waals surface area contributed by atoms with Crippen molar-refractivity contribution in [3.05, 3.63) is 34.6 Å². The second kappa shape index (κ2) is 4.36. The Bertz CT molecular complexity index is 500. The van der Waals surface area contributed by atoms with Crippen LogP contribution in [0.2, 0.25) is 10.0 Å². The molecule has 2 aromatic rings. The predicted octanol–water partition coefficient (Wildman–Crippen LogP) is 3.46. The SMILES string of the molecule is CCn1cnc(-c2cc(Cl)cc(Cl)c2)c1N. The molecule has 2 rings (SSSR count). The molecule has 16 heavy (non-hydrogen) atoms. The largest absolute Gasteiger partial charge is 0.383 e. The highest BCUT2D eigenvalue weighted by Crippen LogP contribution is 2.29. The average molecular weight is 256 g/mol. The van der Waals surface area contributed by atoms with Gasteiger partial charge in [-0.25, -0.2) is 4.98 Å². The lowest BCUT2D eigenvalue weighted by Crippen LogP contribution is -1.99. The minimum Gasteiger partial charge on any atom is -0.383 e. The Kier molecular flexibility index (Phi) is 3.08. The standard InChI is InChI=1S/C11H11Cl2N3/c1-2-16-6-15-10(11(16)14)7-3-8(12)5-9(13)4-7/h3-6H,2,14H2,1H3. The van der Waals surface area contributed by atoms with Crippen LogP contribution in [-0.4, -0.2) is 9.55 Å². The van der Waals surface area contributed by atoms with Gasteiger partial charge in [-0.1, -0.05) is 23.2 Å². The van der Waals surface area contributed by atoms with E-state index in [2.05, 4.69) is 4.98 Å². The van der Waals surface area contributed by atoms with E-state index in [0.717, 1.165) is 12.1 Å². The molecule has 0 aliphatic carbocycles.